The zero-order chi connectivity index (χ0) is 16.2. The van der Waals surface area contributed by atoms with E-state index in [1.807, 2.05) is 13.0 Å². The van der Waals surface area contributed by atoms with Crippen molar-refractivity contribution < 1.29 is 17.9 Å². The standard InChI is InChI=1S/C15H22N2O4S/c1-11-5-6-12(2)14(10-11)22(19,20)17-8-7-16-15(18)13-4-3-9-21-13/h5-6,10,13,17H,3-4,7-9H2,1-2H3,(H,16,18)/t13-/m0/s1. The highest BCUT2D eigenvalue weighted by Gasteiger charge is 2.23. The Morgan fingerprint density at radius 2 is 2.09 bits per heavy atom. The molecule has 7 heteroatoms. The number of rotatable bonds is 6. The van der Waals surface area contributed by atoms with Gasteiger partial charge >= 0.3 is 0 Å². The normalized spacial score (nSPS) is 18.4. The fourth-order valence-corrected chi connectivity index (χ4v) is 3.70. The van der Waals surface area contributed by atoms with E-state index in [1.165, 1.54) is 0 Å². The fraction of sp³-hybridized carbons (Fsp3) is 0.533. The van der Waals surface area contributed by atoms with E-state index in [1.54, 1.807) is 19.1 Å². The fourth-order valence-electron chi connectivity index (χ4n) is 2.34. The molecule has 0 unspecified atom stereocenters. The topological polar surface area (TPSA) is 84.5 Å². The van der Waals surface area contributed by atoms with Gasteiger partial charge in [0.15, 0.2) is 0 Å². The third-order valence-corrected chi connectivity index (χ3v) is 5.17. The number of amides is 1. The van der Waals surface area contributed by atoms with Crippen molar-refractivity contribution in [3.8, 4) is 0 Å². The second kappa shape index (κ2) is 7.21. The van der Waals surface area contributed by atoms with Crippen molar-refractivity contribution in [3.63, 3.8) is 0 Å². The molecule has 1 amide bonds. The first-order chi connectivity index (χ1) is 10.4. The number of hydrogen-bond acceptors (Lipinski definition) is 4. The summed E-state index contributed by atoms with van der Waals surface area (Å²) in [5, 5.41) is 2.68. The van der Waals surface area contributed by atoms with Gasteiger partial charge in [0.05, 0.1) is 4.90 Å². The van der Waals surface area contributed by atoms with Crippen LogP contribution in [-0.2, 0) is 19.6 Å². The summed E-state index contributed by atoms with van der Waals surface area (Å²) in [5.74, 6) is -0.177. The van der Waals surface area contributed by atoms with Gasteiger partial charge in [-0.25, -0.2) is 13.1 Å². The van der Waals surface area contributed by atoms with Crippen LogP contribution in [0.4, 0.5) is 0 Å². The van der Waals surface area contributed by atoms with Crippen molar-refractivity contribution in [3.05, 3.63) is 29.3 Å². The third-order valence-electron chi connectivity index (χ3n) is 3.57. The van der Waals surface area contributed by atoms with Crippen LogP contribution in [0.2, 0.25) is 0 Å². The molecule has 1 aromatic rings. The molecule has 0 aromatic heterocycles. The first kappa shape index (κ1) is 16.9. The lowest BCUT2D eigenvalue weighted by Crippen LogP contribution is -2.39. The molecule has 1 aliphatic rings. The quantitative estimate of drug-likeness (QED) is 0.760. The van der Waals surface area contributed by atoms with E-state index in [4.69, 9.17) is 4.74 Å². The zero-order valence-electron chi connectivity index (χ0n) is 12.9. The molecule has 0 bridgehead atoms. The molecule has 2 N–H and O–H groups in total. The van der Waals surface area contributed by atoms with Crippen LogP contribution in [0.25, 0.3) is 0 Å². The molecule has 1 atom stereocenters. The number of carbonyl (C=O) groups excluding carboxylic acids is 1. The Morgan fingerprint density at radius 3 is 2.77 bits per heavy atom. The van der Waals surface area contributed by atoms with Crippen molar-refractivity contribution in [1.29, 1.82) is 0 Å². The van der Waals surface area contributed by atoms with E-state index < -0.39 is 16.1 Å². The highest BCUT2D eigenvalue weighted by atomic mass is 32.2. The summed E-state index contributed by atoms with van der Waals surface area (Å²) in [6.07, 6.45) is 1.22. The van der Waals surface area contributed by atoms with E-state index in [0.29, 0.717) is 12.2 Å². The number of nitrogens with one attached hydrogen (secondary N) is 2. The molecular weight excluding hydrogens is 304 g/mol. The van der Waals surface area contributed by atoms with Crippen LogP contribution >= 0.6 is 0 Å². The molecule has 122 valence electrons. The van der Waals surface area contributed by atoms with Crippen LogP contribution in [0.1, 0.15) is 24.0 Å². The Morgan fingerprint density at radius 1 is 1.32 bits per heavy atom. The monoisotopic (exact) mass is 326 g/mol. The summed E-state index contributed by atoms with van der Waals surface area (Å²) in [4.78, 5) is 12.0. The van der Waals surface area contributed by atoms with Crippen LogP contribution in [0.5, 0.6) is 0 Å². The van der Waals surface area contributed by atoms with Gasteiger partial charge in [0.1, 0.15) is 6.10 Å². The second-order valence-corrected chi connectivity index (χ2v) is 7.19. The Balaban J connectivity index is 1.85. The Hall–Kier alpha value is -1.44. The van der Waals surface area contributed by atoms with Gasteiger partial charge in [-0.05, 0) is 43.9 Å². The van der Waals surface area contributed by atoms with Crippen LogP contribution in [0.15, 0.2) is 23.1 Å². The average Bonchev–Trinajstić information content (AvgIpc) is 3.00. The number of benzene rings is 1. The van der Waals surface area contributed by atoms with Gasteiger partial charge in [0.2, 0.25) is 15.9 Å². The van der Waals surface area contributed by atoms with Gasteiger partial charge in [0.25, 0.3) is 0 Å². The number of aryl methyl sites for hydroxylation is 2. The summed E-state index contributed by atoms with van der Waals surface area (Å²) in [5.41, 5.74) is 1.58. The second-order valence-electron chi connectivity index (χ2n) is 5.46. The van der Waals surface area contributed by atoms with Crippen molar-refractivity contribution in [2.45, 2.75) is 37.7 Å². The van der Waals surface area contributed by atoms with E-state index in [2.05, 4.69) is 10.0 Å². The summed E-state index contributed by atoms with van der Waals surface area (Å²) in [6, 6.07) is 5.29. The molecule has 0 aliphatic carbocycles. The van der Waals surface area contributed by atoms with Crippen LogP contribution in [-0.4, -0.2) is 40.1 Å². The Kier molecular flexibility index (Phi) is 5.55. The highest BCUT2D eigenvalue weighted by Crippen LogP contribution is 2.16. The van der Waals surface area contributed by atoms with Gasteiger partial charge in [-0.2, -0.15) is 0 Å². The number of sulfonamides is 1. The summed E-state index contributed by atoms with van der Waals surface area (Å²) >= 11 is 0. The molecule has 0 radical (unpaired) electrons. The maximum atomic E-state index is 12.3. The average molecular weight is 326 g/mol. The lowest BCUT2D eigenvalue weighted by Gasteiger charge is -2.12. The predicted molar refractivity (Wildman–Crippen MR) is 83.1 cm³/mol. The minimum atomic E-state index is -3.56. The van der Waals surface area contributed by atoms with Crippen LogP contribution < -0.4 is 10.0 Å². The van der Waals surface area contributed by atoms with E-state index >= 15 is 0 Å². The van der Waals surface area contributed by atoms with Crippen LogP contribution in [0.3, 0.4) is 0 Å². The summed E-state index contributed by atoms with van der Waals surface area (Å²) < 4.78 is 32.3. The lowest BCUT2D eigenvalue weighted by molar-refractivity contribution is -0.129. The minimum absolute atomic E-state index is 0.147. The number of hydrogen-bond donors (Lipinski definition) is 2. The molecule has 1 aliphatic heterocycles. The first-order valence-electron chi connectivity index (χ1n) is 7.36. The van der Waals surface area contributed by atoms with Gasteiger partial charge in [-0.3, -0.25) is 4.79 Å². The van der Waals surface area contributed by atoms with Crippen molar-refractivity contribution in [2.24, 2.45) is 0 Å². The molecule has 0 saturated carbocycles. The summed E-state index contributed by atoms with van der Waals surface area (Å²) in [6.45, 7) is 4.60. The molecule has 6 nitrogen and oxygen atoms in total. The molecule has 1 saturated heterocycles. The first-order valence-corrected chi connectivity index (χ1v) is 8.85. The van der Waals surface area contributed by atoms with Crippen LogP contribution in [0, 0.1) is 13.8 Å². The highest BCUT2D eigenvalue weighted by molar-refractivity contribution is 7.89. The molecule has 1 heterocycles. The van der Waals surface area contributed by atoms with Crippen molar-refractivity contribution in [1.82, 2.24) is 10.0 Å². The Bertz CT molecular complexity index is 637. The van der Waals surface area contributed by atoms with Gasteiger partial charge in [-0.15, -0.1) is 0 Å². The van der Waals surface area contributed by atoms with Crippen molar-refractivity contribution >= 4 is 15.9 Å². The third kappa shape index (κ3) is 4.28. The Labute approximate surface area is 131 Å². The lowest BCUT2D eigenvalue weighted by atomic mass is 10.2. The SMILES string of the molecule is Cc1ccc(C)c(S(=O)(=O)NCCNC(=O)[C@@H]2CCCO2)c1. The molecule has 0 spiro atoms. The molecule has 22 heavy (non-hydrogen) atoms. The minimum Gasteiger partial charge on any atom is -0.368 e. The van der Waals surface area contributed by atoms with E-state index in [-0.39, 0.29) is 23.9 Å². The predicted octanol–water partition coefficient (Wildman–Crippen LogP) is 0.877. The molecular formula is C15H22N2O4S. The van der Waals surface area contributed by atoms with Crippen molar-refractivity contribution in [2.75, 3.05) is 19.7 Å². The maximum absolute atomic E-state index is 12.3. The van der Waals surface area contributed by atoms with Gasteiger partial charge in [-0.1, -0.05) is 12.1 Å². The van der Waals surface area contributed by atoms with Gasteiger partial charge in [0, 0.05) is 19.7 Å². The zero-order valence-corrected chi connectivity index (χ0v) is 13.7. The van der Waals surface area contributed by atoms with Gasteiger partial charge < -0.3 is 10.1 Å². The smallest absolute Gasteiger partial charge is 0.249 e. The maximum Gasteiger partial charge on any atom is 0.249 e. The van der Waals surface area contributed by atoms with E-state index in [0.717, 1.165) is 18.4 Å². The largest absolute Gasteiger partial charge is 0.368 e. The number of carbonyl (C=O) groups is 1. The van der Waals surface area contributed by atoms with E-state index in [9.17, 15) is 13.2 Å². The molecule has 1 fully saturated rings. The number of ether oxygens (including phenoxy) is 1. The summed E-state index contributed by atoms with van der Waals surface area (Å²) in [7, 11) is -3.56. The molecule has 1 aromatic carbocycles. The molecule has 2 rings (SSSR count).